The predicted octanol–water partition coefficient (Wildman–Crippen LogP) is 3.52. The molecule has 156 valence electrons. The van der Waals surface area contributed by atoms with Gasteiger partial charge in [0.2, 0.25) is 5.78 Å². The number of para-hydroxylation sites is 1. The van der Waals surface area contributed by atoms with Crippen molar-refractivity contribution in [2.45, 2.75) is 23.9 Å². The maximum absolute atomic E-state index is 14.0. The van der Waals surface area contributed by atoms with E-state index in [0.717, 1.165) is 11.1 Å². The number of methoxy groups -OCH3 is 2. The normalized spacial score (nSPS) is 11.4. The highest BCUT2D eigenvalue weighted by atomic mass is 32.2. The molecule has 2 aromatic carbocycles. The van der Waals surface area contributed by atoms with Crippen LogP contribution in [0.5, 0.6) is 5.75 Å². The topological polar surface area (TPSA) is 70.7 Å². The number of hydrogen-bond acceptors (Lipinski definition) is 6. The van der Waals surface area contributed by atoms with E-state index in [4.69, 9.17) is 9.47 Å². The summed E-state index contributed by atoms with van der Waals surface area (Å²) in [5.74, 6) is 0.791. The molecular formula is C21H21FN4O3S. The molecule has 7 nitrogen and oxygen atoms in total. The zero-order valence-electron chi connectivity index (χ0n) is 16.7. The first-order valence-electron chi connectivity index (χ1n) is 9.45. The Morgan fingerprint density at radius 2 is 1.97 bits per heavy atom. The number of halogens is 1. The van der Waals surface area contributed by atoms with Crippen LogP contribution >= 0.6 is 11.8 Å². The number of hydrogen-bond donors (Lipinski definition) is 0. The Kier molecular flexibility index (Phi) is 6.01. The summed E-state index contributed by atoms with van der Waals surface area (Å²) in [4.78, 5) is 13.0. The molecule has 0 N–H and O–H groups in total. The number of aryl methyl sites for hydroxylation is 1. The zero-order chi connectivity index (χ0) is 21.1. The van der Waals surface area contributed by atoms with Gasteiger partial charge in [-0.25, -0.2) is 4.39 Å². The van der Waals surface area contributed by atoms with Crippen LogP contribution in [-0.4, -0.2) is 40.0 Å². The van der Waals surface area contributed by atoms with Gasteiger partial charge in [-0.15, -0.1) is 10.2 Å². The summed E-state index contributed by atoms with van der Waals surface area (Å²) in [6, 6.07) is 12.3. The molecule has 4 aromatic rings. The Hall–Kier alpha value is -2.91. The van der Waals surface area contributed by atoms with E-state index in [9.17, 15) is 9.18 Å². The first-order valence-corrected chi connectivity index (χ1v) is 10.4. The third-order valence-electron chi connectivity index (χ3n) is 4.79. The quantitative estimate of drug-likeness (QED) is 0.316. The van der Waals surface area contributed by atoms with Crippen LogP contribution in [0, 0.1) is 5.82 Å². The minimum Gasteiger partial charge on any atom is -0.494 e. The Morgan fingerprint density at radius 3 is 2.73 bits per heavy atom. The molecule has 0 aliphatic rings. The van der Waals surface area contributed by atoms with Crippen molar-refractivity contribution in [3.05, 3.63) is 64.2 Å². The summed E-state index contributed by atoms with van der Waals surface area (Å²) in [6.45, 7) is 1.03. The van der Waals surface area contributed by atoms with E-state index in [1.54, 1.807) is 23.8 Å². The summed E-state index contributed by atoms with van der Waals surface area (Å²) in [7, 11) is 3.07. The van der Waals surface area contributed by atoms with Crippen LogP contribution in [0.4, 0.5) is 4.39 Å². The van der Waals surface area contributed by atoms with E-state index < -0.39 is 5.82 Å². The zero-order valence-corrected chi connectivity index (χ0v) is 17.5. The van der Waals surface area contributed by atoms with Crippen molar-refractivity contribution in [1.82, 2.24) is 19.2 Å². The molecule has 0 aliphatic carbocycles. The maximum atomic E-state index is 14.0. The number of benzene rings is 2. The van der Waals surface area contributed by atoms with Crippen molar-refractivity contribution in [2.24, 2.45) is 0 Å². The monoisotopic (exact) mass is 428 g/mol. The molecule has 2 aromatic heterocycles. The minimum atomic E-state index is -0.404. The van der Waals surface area contributed by atoms with Gasteiger partial charge in [-0.1, -0.05) is 30.0 Å². The lowest BCUT2D eigenvalue weighted by Gasteiger charge is -2.11. The molecule has 0 amide bonds. The van der Waals surface area contributed by atoms with Crippen LogP contribution in [0.25, 0.3) is 16.7 Å². The molecule has 0 aliphatic heterocycles. The van der Waals surface area contributed by atoms with Crippen molar-refractivity contribution in [1.29, 1.82) is 0 Å². The van der Waals surface area contributed by atoms with Crippen molar-refractivity contribution < 1.29 is 13.9 Å². The standard InChI is InChI=1S/C21H21FN4O3S/c1-28-11-5-10-25-19(27)15-6-3-4-7-17(15)26-20(25)23-24-21(26)30-13-14-8-9-18(29-2)16(22)12-14/h3-4,6-9,12H,5,10-11,13H2,1-2H3. The van der Waals surface area contributed by atoms with Gasteiger partial charge in [0, 0.05) is 26.0 Å². The lowest BCUT2D eigenvalue weighted by Crippen LogP contribution is -2.24. The van der Waals surface area contributed by atoms with Gasteiger partial charge in [0.1, 0.15) is 0 Å². The average molecular weight is 428 g/mol. The maximum Gasteiger partial charge on any atom is 0.262 e. The SMILES string of the molecule is COCCCn1c(=O)c2ccccc2n2c(SCc3ccc(OC)c(F)c3)nnc12. The molecule has 2 heterocycles. The van der Waals surface area contributed by atoms with Gasteiger partial charge >= 0.3 is 0 Å². The van der Waals surface area contributed by atoms with Crippen LogP contribution in [-0.2, 0) is 17.0 Å². The number of aromatic nitrogens is 4. The molecule has 0 radical (unpaired) electrons. The van der Waals surface area contributed by atoms with Gasteiger partial charge in [-0.3, -0.25) is 13.8 Å². The molecule has 0 spiro atoms. The average Bonchev–Trinajstić information content (AvgIpc) is 3.19. The van der Waals surface area contributed by atoms with Crippen molar-refractivity contribution >= 4 is 28.4 Å². The molecule has 0 atom stereocenters. The molecule has 4 rings (SSSR count). The van der Waals surface area contributed by atoms with Gasteiger partial charge in [-0.05, 0) is 36.2 Å². The third kappa shape index (κ3) is 3.78. The van der Waals surface area contributed by atoms with E-state index >= 15 is 0 Å². The van der Waals surface area contributed by atoms with E-state index in [0.29, 0.717) is 41.6 Å². The molecule has 0 bridgehead atoms. The molecule has 30 heavy (non-hydrogen) atoms. The molecule has 0 fully saturated rings. The van der Waals surface area contributed by atoms with Gasteiger partial charge in [-0.2, -0.15) is 0 Å². The first kappa shape index (κ1) is 20.4. The summed E-state index contributed by atoms with van der Waals surface area (Å²) < 4.78 is 27.6. The van der Waals surface area contributed by atoms with E-state index in [-0.39, 0.29) is 11.3 Å². The van der Waals surface area contributed by atoms with Crippen LogP contribution in [0.3, 0.4) is 0 Å². The highest BCUT2D eigenvalue weighted by Gasteiger charge is 2.17. The smallest absolute Gasteiger partial charge is 0.262 e. The van der Waals surface area contributed by atoms with Crippen LogP contribution < -0.4 is 10.3 Å². The first-order chi connectivity index (χ1) is 14.6. The van der Waals surface area contributed by atoms with Crippen LogP contribution in [0.15, 0.2) is 52.4 Å². The van der Waals surface area contributed by atoms with Crippen molar-refractivity contribution in [2.75, 3.05) is 20.8 Å². The van der Waals surface area contributed by atoms with E-state index in [1.165, 1.54) is 24.9 Å². The lowest BCUT2D eigenvalue weighted by molar-refractivity contribution is 0.190. The van der Waals surface area contributed by atoms with Gasteiger partial charge in [0.15, 0.2) is 16.7 Å². The van der Waals surface area contributed by atoms with Gasteiger partial charge < -0.3 is 9.47 Å². The Bertz CT molecular complexity index is 1250. The Labute approximate surface area is 176 Å². The van der Waals surface area contributed by atoms with E-state index in [2.05, 4.69) is 10.2 Å². The lowest BCUT2D eigenvalue weighted by atomic mass is 10.2. The predicted molar refractivity (Wildman–Crippen MR) is 114 cm³/mol. The highest BCUT2D eigenvalue weighted by molar-refractivity contribution is 7.98. The molecule has 0 saturated carbocycles. The summed E-state index contributed by atoms with van der Waals surface area (Å²) in [6.07, 6.45) is 0.685. The molecular weight excluding hydrogens is 407 g/mol. The highest BCUT2D eigenvalue weighted by Crippen LogP contribution is 2.26. The summed E-state index contributed by atoms with van der Waals surface area (Å²) in [5, 5.41) is 9.83. The number of rotatable bonds is 8. The second-order valence-electron chi connectivity index (χ2n) is 6.70. The largest absolute Gasteiger partial charge is 0.494 e. The van der Waals surface area contributed by atoms with Gasteiger partial charge in [0.05, 0.1) is 18.0 Å². The molecule has 0 unspecified atom stereocenters. The van der Waals surface area contributed by atoms with Crippen LogP contribution in [0.2, 0.25) is 0 Å². The fourth-order valence-corrected chi connectivity index (χ4v) is 4.23. The minimum absolute atomic E-state index is 0.102. The number of fused-ring (bicyclic) bond motifs is 3. The fourth-order valence-electron chi connectivity index (χ4n) is 3.34. The second-order valence-corrected chi connectivity index (χ2v) is 7.64. The summed E-state index contributed by atoms with van der Waals surface area (Å²) >= 11 is 1.43. The van der Waals surface area contributed by atoms with Gasteiger partial charge in [0.25, 0.3) is 5.56 Å². The van der Waals surface area contributed by atoms with E-state index in [1.807, 2.05) is 28.7 Å². The number of thioether (sulfide) groups is 1. The third-order valence-corrected chi connectivity index (χ3v) is 5.79. The number of ether oxygens (including phenoxy) is 2. The van der Waals surface area contributed by atoms with Crippen LogP contribution in [0.1, 0.15) is 12.0 Å². The Morgan fingerprint density at radius 1 is 1.13 bits per heavy atom. The van der Waals surface area contributed by atoms with Crippen molar-refractivity contribution in [3.63, 3.8) is 0 Å². The molecule has 9 heteroatoms. The van der Waals surface area contributed by atoms with Crippen molar-refractivity contribution in [3.8, 4) is 5.75 Å². The Balaban J connectivity index is 1.74. The molecule has 0 saturated heterocycles. The second kappa shape index (κ2) is 8.85. The summed E-state index contributed by atoms with van der Waals surface area (Å²) in [5.41, 5.74) is 1.44. The fraction of sp³-hybridized carbons (Fsp3) is 0.286. The number of nitrogens with zero attached hydrogens (tertiary/aromatic N) is 4.